The molecular formula is C12H12F3N3O2. The van der Waals surface area contributed by atoms with Crippen molar-refractivity contribution in [2.24, 2.45) is 5.92 Å². The lowest BCUT2D eigenvalue weighted by molar-refractivity contribution is -0.274. The Morgan fingerprint density at radius 2 is 2.00 bits per heavy atom. The van der Waals surface area contributed by atoms with E-state index in [1.807, 2.05) is 6.07 Å². The van der Waals surface area contributed by atoms with E-state index >= 15 is 0 Å². The van der Waals surface area contributed by atoms with Crippen LogP contribution in [0, 0.1) is 17.2 Å². The highest BCUT2D eigenvalue weighted by Crippen LogP contribution is 2.23. The van der Waals surface area contributed by atoms with Crippen molar-refractivity contribution in [2.75, 3.05) is 11.9 Å². The number of ether oxygens (including phenoxy) is 1. The van der Waals surface area contributed by atoms with Crippen LogP contribution in [-0.4, -0.2) is 18.9 Å². The smallest absolute Gasteiger partial charge is 0.406 e. The number of nitrogens with one attached hydrogen (secondary N) is 2. The van der Waals surface area contributed by atoms with Crippen molar-refractivity contribution in [3.8, 4) is 11.8 Å². The molecule has 0 aliphatic heterocycles. The molecule has 0 saturated carbocycles. The molecule has 1 atom stereocenters. The first-order chi connectivity index (χ1) is 9.30. The molecule has 108 valence electrons. The Labute approximate surface area is 113 Å². The SMILES string of the molecule is CC(C#N)CNC(=O)Nc1ccc(OC(F)(F)F)cc1. The number of rotatable bonds is 4. The zero-order valence-corrected chi connectivity index (χ0v) is 10.5. The Balaban J connectivity index is 2.49. The monoisotopic (exact) mass is 287 g/mol. The number of anilines is 1. The molecule has 0 radical (unpaired) electrons. The van der Waals surface area contributed by atoms with Crippen LogP contribution in [0.15, 0.2) is 24.3 Å². The number of nitriles is 1. The first-order valence-electron chi connectivity index (χ1n) is 5.60. The van der Waals surface area contributed by atoms with Gasteiger partial charge in [-0.15, -0.1) is 13.2 Å². The first kappa shape index (κ1) is 15.6. The molecule has 1 aromatic rings. The van der Waals surface area contributed by atoms with E-state index in [0.717, 1.165) is 12.1 Å². The first-order valence-corrected chi connectivity index (χ1v) is 5.60. The summed E-state index contributed by atoms with van der Waals surface area (Å²) in [5, 5.41) is 13.4. The highest BCUT2D eigenvalue weighted by atomic mass is 19.4. The molecule has 0 fully saturated rings. The fourth-order valence-corrected chi connectivity index (χ4v) is 1.21. The number of carbonyl (C=O) groups is 1. The zero-order chi connectivity index (χ0) is 15.2. The Bertz CT molecular complexity index is 494. The third kappa shape index (κ3) is 5.95. The van der Waals surface area contributed by atoms with Gasteiger partial charge in [-0.05, 0) is 31.2 Å². The summed E-state index contributed by atoms with van der Waals surface area (Å²) in [5.74, 6) is -0.704. The van der Waals surface area contributed by atoms with Gasteiger partial charge in [0.2, 0.25) is 0 Å². The van der Waals surface area contributed by atoms with Crippen molar-refractivity contribution in [3.63, 3.8) is 0 Å². The predicted molar refractivity (Wildman–Crippen MR) is 64.9 cm³/mol. The van der Waals surface area contributed by atoms with Crippen LogP contribution in [0.3, 0.4) is 0 Å². The van der Waals surface area contributed by atoms with Crippen molar-refractivity contribution in [3.05, 3.63) is 24.3 Å². The molecule has 2 N–H and O–H groups in total. The van der Waals surface area contributed by atoms with Gasteiger partial charge in [-0.3, -0.25) is 0 Å². The summed E-state index contributed by atoms with van der Waals surface area (Å²) in [6.45, 7) is 1.82. The van der Waals surface area contributed by atoms with Crippen LogP contribution < -0.4 is 15.4 Å². The van der Waals surface area contributed by atoms with Crippen LogP contribution in [0.4, 0.5) is 23.7 Å². The predicted octanol–water partition coefficient (Wildman–Crippen LogP) is 2.87. The molecule has 5 nitrogen and oxygen atoms in total. The molecule has 1 rings (SSSR count). The molecule has 0 bridgehead atoms. The molecule has 1 unspecified atom stereocenters. The highest BCUT2D eigenvalue weighted by Gasteiger charge is 2.30. The van der Waals surface area contributed by atoms with E-state index in [1.54, 1.807) is 6.92 Å². The molecule has 0 aromatic heterocycles. The van der Waals surface area contributed by atoms with E-state index in [2.05, 4.69) is 15.4 Å². The van der Waals surface area contributed by atoms with Gasteiger partial charge in [0.15, 0.2) is 0 Å². The number of amides is 2. The lowest BCUT2D eigenvalue weighted by atomic mass is 10.2. The summed E-state index contributed by atoms with van der Waals surface area (Å²) in [4.78, 5) is 11.4. The Kier molecular flexibility index (Phi) is 5.20. The lowest BCUT2D eigenvalue weighted by Crippen LogP contribution is -2.31. The topological polar surface area (TPSA) is 74.2 Å². The van der Waals surface area contributed by atoms with Crippen LogP contribution in [-0.2, 0) is 0 Å². The summed E-state index contributed by atoms with van der Waals surface area (Å²) in [5.41, 5.74) is 0.307. The molecule has 20 heavy (non-hydrogen) atoms. The van der Waals surface area contributed by atoms with Crippen molar-refractivity contribution in [2.45, 2.75) is 13.3 Å². The maximum absolute atomic E-state index is 11.9. The molecule has 0 aliphatic rings. The fraction of sp³-hybridized carbons (Fsp3) is 0.333. The van der Waals surface area contributed by atoms with E-state index in [1.165, 1.54) is 12.1 Å². The molecule has 0 aliphatic carbocycles. The molecule has 8 heteroatoms. The number of alkyl halides is 3. The van der Waals surface area contributed by atoms with Gasteiger partial charge in [0.1, 0.15) is 5.75 Å². The van der Waals surface area contributed by atoms with Crippen molar-refractivity contribution >= 4 is 11.7 Å². The van der Waals surface area contributed by atoms with Crippen LogP contribution in [0.5, 0.6) is 5.75 Å². The van der Waals surface area contributed by atoms with Gasteiger partial charge in [0.25, 0.3) is 0 Å². The summed E-state index contributed by atoms with van der Waals surface area (Å²) >= 11 is 0. The molecule has 2 amide bonds. The molecule has 0 heterocycles. The van der Waals surface area contributed by atoms with Gasteiger partial charge in [0.05, 0.1) is 12.0 Å². The second kappa shape index (κ2) is 6.65. The van der Waals surface area contributed by atoms with E-state index in [0.29, 0.717) is 5.69 Å². The van der Waals surface area contributed by atoms with Crippen LogP contribution >= 0.6 is 0 Å². The van der Waals surface area contributed by atoms with Crippen LogP contribution in [0.2, 0.25) is 0 Å². The largest absolute Gasteiger partial charge is 0.573 e. The Morgan fingerprint density at radius 3 is 2.50 bits per heavy atom. The average molecular weight is 287 g/mol. The maximum Gasteiger partial charge on any atom is 0.573 e. The maximum atomic E-state index is 11.9. The van der Waals surface area contributed by atoms with E-state index in [-0.39, 0.29) is 18.2 Å². The van der Waals surface area contributed by atoms with Gasteiger partial charge in [-0.2, -0.15) is 5.26 Å². The minimum absolute atomic E-state index is 0.178. The fourth-order valence-electron chi connectivity index (χ4n) is 1.21. The van der Waals surface area contributed by atoms with Crippen molar-refractivity contribution < 1.29 is 22.7 Å². The number of carbonyl (C=O) groups excluding carboxylic acids is 1. The third-order valence-corrected chi connectivity index (χ3v) is 2.13. The number of benzene rings is 1. The quantitative estimate of drug-likeness (QED) is 0.894. The lowest BCUT2D eigenvalue weighted by Gasteiger charge is -2.10. The number of urea groups is 1. The second-order valence-electron chi connectivity index (χ2n) is 3.94. The van der Waals surface area contributed by atoms with Gasteiger partial charge < -0.3 is 15.4 Å². The zero-order valence-electron chi connectivity index (χ0n) is 10.5. The number of hydrogen-bond acceptors (Lipinski definition) is 3. The van der Waals surface area contributed by atoms with E-state index in [4.69, 9.17) is 5.26 Å². The third-order valence-electron chi connectivity index (χ3n) is 2.13. The van der Waals surface area contributed by atoms with Gasteiger partial charge in [0, 0.05) is 12.2 Å². The van der Waals surface area contributed by atoms with Gasteiger partial charge in [-0.25, -0.2) is 4.79 Å². The standard InChI is InChI=1S/C12H12F3N3O2/c1-8(6-16)7-17-11(19)18-9-2-4-10(5-3-9)20-12(13,14)15/h2-5,8H,7H2,1H3,(H2,17,18,19). The number of nitrogens with zero attached hydrogens (tertiary/aromatic N) is 1. The summed E-state index contributed by atoms with van der Waals surface area (Å²) in [6.07, 6.45) is -4.75. The molecule has 0 spiro atoms. The van der Waals surface area contributed by atoms with E-state index < -0.39 is 12.4 Å². The Hall–Kier alpha value is -2.43. The highest BCUT2D eigenvalue weighted by molar-refractivity contribution is 5.89. The molecule has 1 aromatic carbocycles. The van der Waals surface area contributed by atoms with Crippen molar-refractivity contribution in [1.82, 2.24) is 5.32 Å². The molecule has 0 saturated heterocycles. The van der Waals surface area contributed by atoms with Crippen LogP contribution in [0.25, 0.3) is 0 Å². The van der Waals surface area contributed by atoms with Gasteiger partial charge in [-0.1, -0.05) is 0 Å². The summed E-state index contributed by atoms with van der Waals surface area (Å²) < 4.78 is 39.5. The Morgan fingerprint density at radius 1 is 1.40 bits per heavy atom. The van der Waals surface area contributed by atoms with Gasteiger partial charge >= 0.3 is 12.4 Å². The number of halogens is 3. The minimum atomic E-state index is -4.75. The normalized spacial score (nSPS) is 12.2. The van der Waals surface area contributed by atoms with Crippen LogP contribution in [0.1, 0.15) is 6.92 Å². The van der Waals surface area contributed by atoms with Crippen molar-refractivity contribution in [1.29, 1.82) is 5.26 Å². The second-order valence-corrected chi connectivity index (χ2v) is 3.94. The molecular weight excluding hydrogens is 275 g/mol. The summed E-state index contributed by atoms with van der Waals surface area (Å²) in [6, 6.07) is 6.12. The number of hydrogen-bond donors (Lipinski definition) is 2. The summed E-state index contributed by atoms with van der Waals surface area (Å²) in [7, 11) is 0. The van der Waals surface area contributed by atoms with E-state index in [9.17, 15) is 18.0 Å². The average Bonchev–Trinajstić information content (AvgIpc) is 2.36. The minimum Gasteiger partial charge on any atom is -0.406 e.